The number of nitrogens with two attached hydrogens (primary N) is 1. The zero-order valence-electron chi connectivity index (χ0n) is 10.7. The van der Waals surface area contributed by atoms with Gasteiger partial charge in [0.15, 0.2) is 0 Å². The molecule has 0 radical (unpaired) electrons. The van der Waals surface area contributed by atoms with Gasteiger partial charge in [-0.25, -0.2) is 9.97 Å². The SMILES string of the molecule is CCCN(CC1CC1)c1cc(N)nc(C(F)(F)F)n1. The molecule has 1 heterocycles. The van der Waals surface area contributed by atoms with Crippen LogP contribution in [0.15, 0.2) is 6.07 Å². The topological polar surface area (TPSA) is 55.0 Å². The second-order valence-electron chi connectivity index (χ2n) is 4.86. The molecule has 1 aliphatic rings. The highest BCUT2D eigenvalue weighted by Crippen LogP contribution is 2.33. The number of anilines is 2. The third-order valence-corrected chi connectivity index (χ3v) is 2.98. The highest BCUT2D eigenvalue weighted by Gasteiger charge is 2.36. The number of alkyl halides is 3. The molecular weight excluding hydrogens is 257 g/mol. The van der Waals surface area contributed by atoms with E-state index in [0.717, 1.165) is 25.8 Å². The molecule has 1 saturated carbocycles. The predicted octanol–water partition coefficient (Wildman–Crippen LogP) is 2.70. The van der Waals surface area contributed by atoms with E-state index in [-0.39, 0.29) is 11.6 Å². The van der Waals surface area contributed by atoms with Gasteiger partial charge in [-0.1, -0.05) is 6.92 Å². The van der Waals surface area contributed by atoms with E-state index in [1.807, 2.05) is 11.8 Å². The minimum Gasteiger partial charge on any atom is -0.384 e. The van der Waals surface area contributed by atoms with Crippen molar-refractivity contribution >= 4 is 11.6 Å². The van der Waals surface area contributed by atoms with Crippen molar-refractivity contribution in [2.75, 3.05) is 23.7 Å². The summed E-state index contributed by atoms with van der Waals surface area (Å²) in [5, 5.41) is 0. The maximum absolute atomic E-state index is 12.7. The van der Waals surface area contributed by atoms with Crippen LogP contribution in [0.2, 0.25) is 0 Å². The lowest BCUT2D eigenvalue weighted by atomic mass is 10.3. The molecule has 4 nitrogen and oxygen atoms in total. The van der Waals surface area contributed by atoms with E-state index < -0.39 is 12.0 Å². The Hall–Kier alpha value is -1.53. The first kappa shape index (κ1) is 13.9. The van der Waals surface area contributed by atoms with Crippen LogP contribution in [0.1, 0.15) is 32.0 Å². The van der Waals surface area contributed by atoms with Gasteiger partial charge in [0.2, 0.25) is 5.82 Å². The van der Waals surface area contributed by atoms with Gasteiger partial charge in [0.05, 0.1) is 0 Å². The Morgan fingerprint density at radius 1 is 1.37 bits per heavy atom. The largest absolute Gasteiger partial charge is 0.451 e. The minimum atomic E-state index is -4.57. The first-order chi connectivity index (χ1) is 8.90. The molecule has 0 saturated heterocycles. The monoisotopic (exact) mass is 274 g/mol. The molecule has 1 aromatic heterocycles. The normalized spacial score (nSPS) is 15.6. The van der Waals surface area contributed by atoms with Crippen molar-refractivity contribution < 1.29 is 13.2 Å². The molecule has 19 heavy (non-hydrogen) atoms. The van der Waals surface area contributed by atoms with Crippen LogP contribution in [0, 0.1) is 5.92 Å². The van der Waals surface area contributed by atoms with Gasteiger partial charge in [0.25, 0.3) is 0 Å². The summed E-state index contributed by atoms with van der Waals surface area (Å²) in [5.74, 6) is -0.473. The van der Waals surface area contributed by atoms with Gasteiger partial charge >= 0.3 is 6.18 Å². The highest BCUT2D eigenvalue weighted by molar-refractivity contribution is 5.47. The van der Waals surface area contributed by atoms with E-state index in [1.165, 1.54) is 6.07 Å². The molecule has 0 aliphatic heterocycles. The molecule has 0 bridgehead atoms. The van der Waals surface area contributed by atoms with Crippen LogP contribution in [0.5, 0.6) is 0 Å². The van der Waals surface area contributed by atoms with Gasteiger partial charge < -0.3 is 10.6 Å². The average Bonchev–Trinajstić information content (AvgIpc) is 3.10. The molecule has 0 unspecified atom stereocenters. The van der Waals surface area contributed by atoms with Crippen molar-refractivity contribution in [1.82, 2.24) is 9.97 Å². The maximum atomic E-state index is 12.7. The molecule has 0 aromatic carbocycles. The summed E-state index contributed by atoms with van der Waals surface area (Å²) in [5.41, 5.74) is 5.46. The fourth-order valence-electron chi connectivity index (χ4n) is 1.92. The van der Waals surface area contributed by atoms with Gasteiger partial charge in [-0.15, -0.1) is 0 Å². The summed E-state index contributed by atoms with van der Waals surface area (Å²) in [4.78, 5) is 8.74. The number of rotatable bonds is 5. The van der Waals surface area contributed by atoms with Crippen LogP contribution in [-0.2, 0) is 6.18 Å². The number of halogens is 3. The van der Waals surface area contributed by atoms with Crippen molar-refractivity contribution in [2.45, 2.75) is 32.4 Å². The minimum absolute atomic E-state index is 0.144. The molecule has 0 amide bonds. The van der Waals surface area contributed by atoms with Crippen molar-refractivity contribution in [3.8, 4) is 0 Å². The lowest BCUT2D eigenvalue weighted by Gasteiger charge is -2.23. The fraction of sp³-hybridized carbons (Fsp3) is 0.667. The van der Waals surface area contributed by atoms with Gasteiger partial charge in [0, 0.05) is 19.2 Å². The predicted molar refractivity (Wildman–Crippen MR) is 66.7 cm³/mol. The highest BCUT2D eigenvalue weighted by atomic mass is 19.4. The summed E-state index contributed by atoms with van der Waals surface area (Å²) >= 11 is 0. The smallest absolute Gasteiger partial charge is 0.384 e. The second kappa shape index (κ2) is 5.22. The molecule has 1 aliphatic carbocycles. The summed E-state index contributed by atoms with van der Waals surface area (Å²) in [6.07, 6.45) is -1.46. The molecule has 2 rings (SSSR count). The summed E-state index contributed by atoms with van der Waals surface area (Å²) in [7, 11) is 0. The molecule has 0 atom stereocenters. The zero-order valence-corrected chi connectivity index (χ0v) is 10.7. The molecule has 1 fully saturated rings. The Bertz CT molecular complexity index is 443. The van der Waals surface area contributed by atoms with Gasteiger partial charge in [-0.3, -0.25) is 0 Å². The van der Waals surface area contributed by atoms with Crippen molar-refractivity contribution in [3.63, 3.8) is 0 Å². The number of nitrogens with zero attached hydrogens (tertiary/aromatic N) is 3. The van der Waals surface area contributed by atoms with E-state index in [2.05, 4.69) is 9.97 Å². The third kappa shape index (κ3) is 3.71. The molecule has 106 valence electrons. The Morgan fingerprint density at radius 2 is 2.05 bits per heavy atom. The Labute approximate surface area is 109 Å². The summed E-state index contributed by atoms with van der Waals surface area (Å²) in [6.45, 7) is 3.39. The summed E-state index contributed by atoms with van der Waals surface area (Å²) in [6, 6.07) is 1.41. The number of aromatic nitrogens is 2. The number of hydrogen-bond donors (Lipinski definition) is 1. The third-order valence-electron chi connectivity index (χ3n) is 2.98. The Kier molecular flexibility index (Phi) is 3.82. The molecule has 0 spiro atoms. The second-order valence-corrected chi connectivity index (χ2v) is 4.86. The number of nitrogen functional groups attached to an aromatic ring is 1. The molecule has 1 aromatic rings. The van der Waals surface area contributed by atoms with Crippen LogP contribution in [0.4, 0.5) is 24.8 Å². The van der Waals surface area contributed by atoms with Crippen LogP contribution in [0.3, 0.4) is 0 Å². The van der Waals surface area contributed by atoms with E-state index in [9.17, 15) is 13.2 Å². The first-order valence-electron chi connectivity index (χ1n) is 6.37. The van der Waals surface area contributed by atoms with Gasteiger partial charge in [-0.2, -0.15) is 13.2 Å². The fourth-order valence-corrected chi connectivity index (χ4v) is 1.92. The Morgan fingerprint density at radius 3 is 2.58 bits per heavy atom. The first-order valence-corrected chi connectivity index (χ1v) is 6.37. The van der Waals surface area contributed by atoms with Crippen LogP contribution < -0.4 is 10.6 Å². The quantitative estimate of drug-likeness (QED) is 0.897. The lowest BCUT2D eigenvalue weighted by Crippen LogP contribution is -2.28. The summed E-state index contributed by atoms with van der Waals surface area (Å²) < 4.78 is 38.0. The van der Waals surface area contributed by atoms with Gasteiger partial charge in [-0.05, 0) is 25.2 Å². The van der Waals surface area contributed by atoms with E-state index >= 15 is 0 Å². The zero-order chi connectivity index (χ0) is 14.0. The van der Waals surface area contributed by atoms with Crippen molar-refractivity contribution in [2.24, 2.45) is 5.92 Å². The Balaban J connectivity index is 2.27. The van der Waals surface area contributed by atoms with Crippen LogP contribution in [-0.4, -0.2) is 23.1 Å². The van der Waals surface area contributed by atoms with Crippen molar-refractivity contribution in [3.05, 3.63) is 11.9 Å². The molecule has 7 heteroatoms. The van der Waals surface area contributed by atoms with Gasteiger partial charge in [0.1, 0.15) is 11.6 Å². The number of hydrogen-bond acceptors (Lipinski definition) is 4. The van der Waals surface area contributed by atoms with Crippen LogP contribution in [0.25, 0.3) is 0 Å². The average molecular weight is 274 g/mol. The van der Waals surface area contributed by atoms with E-state index in [0.29, 0.717) is 12.5 Å². The van der Waals surface area contributed by atoms with E-state index in [4.69, 9.17) is 5.73 Å². The molecule has 2 N–H and O–H groups in total. The maximum Gasteiger partial charge on any atom is 0.451 e. The van der Waals surface area contributed by atoms with E-state index in [1.54, 1.807) is 0 Å². The molecular formula is C12H17F3N4. The lowest BCUT2D eigenvalue weighted by molar-refractivity contribution is -0.144. The standard InChI is InChI=1S/C12H17F3N4/c1-2-5-19(7-8-3-4-8)10-6-9(16)17-11(18-10)12(13,14)15/h6,8H,2-5,7H2,1H3,(H2,16,17,18). The van der Waals surface area contributed by atoms with Crippen molar-refractivity contribution in [1.29, 1.82) is 0 Å². The van der Waals surface area contributed by atoms with Crippen LogP contribution >= 0.6 is 0 Å².